The van der Waals surface area contributed by atoms with Crippen molar-refractivity contribution >= 4 is 45.7 Å². The molecule has 2 N–H and O–H groups in total. The average molecular weight is 721 g/mol. The number of imide groups is 1. The van der Waals surface area contributed by atoms with E-state index in [2.05, 4.69) is 25.5 Å². The Morgan fingerprint density at radius 3 is 2.55 bits per heavy atom. The minimum absolute atomic E-state index is 0.159. The maximum atomic E-state index is 15.8. The Kier molecular flexibility index (Phi) is 9.66. The zero-order valence-corrected chi connectivity index (χ0v) is 29.1. The molecule has 3 aromatic heterocycles. The number of aryl methyl sites for hydroxylation is 1. The number of benzene rings is 1. The van der Waals surface area contributed by atoms with E-state index in [0.717, 1.165) is 22.2 Å². The predicted molar refractivity (Wildman–Crippen MR) is 190 cm³/mol. The van der Waals surface area contributed by atoms with Crippen LogP contribution < -0.4 is 25.8 Å². The number of ether oxygens (including phenoxy) is 1. The molecule has 268 valence electrons. The lowest BCUT2D eigenvalue weighted by atomic mass is 9.96. The van der Waals surface area contributed by atoms with Gasteiger partial charge in [-0.2, -0.15) is 0 Å². The molecule has 4 aromatic rings. The number of nitrogens with zero attached hydrogens (tertiary/aromatic N) is 6. The quantitative estimate of drug-likeness (QED) is 0.259. The number of nitrogens with one attached hydrogen (secondary N) is 2. The number of carbonyl (C=O) groups is 2. The van der Waals surface area contributed by atoms with Crippen molar-refractivity contribution < 1.29 is 23.1 Å². The number of fused-ring (bicyclic) bond motifs is 1. The van der Waals surface area contributed by atoms with Gasteiger partial charge in [-0.05, 0) is 54.1 Å². The van der Waals surface area contributed by atoms with E-state index < -0.39 is 24.6 Å². The number of piperidine rings is 2. The summed E-state index contributed by atoms with van der Waals surface area (Å²) in [6.45, 7) is 2.43. The zero-order chi connectivity index (χ0) is 35.9. The molecule has 2 unspecified atom stereocenters. The van der Waals surface area contributed by atoms with Gasteiger partial charge in [0, 0.05) is 87.5 Å². The molecule has 0 radical (unpaired) electrons. The molecule has 3 aliphatic heterocycles. The maximum Gasteiger partial charge on any atom is 0.275 e. The van der Waals surface area contributed by atoms with Crippen LogP contribution in [-0.4, -0.2) is 101 Å². The van der Waals surface area contributed by atoms with Gasteiger partial charge in [-0.1, -0.05) is 11.6 Å². The lowest BCUT2D eigenvalue weighted by Crippen LogP contribution is -2.61. The monoisotopic (exact) mass is 720 g/mol. The van der Waals surface area contributed by atoms with Crippen molar-refractivity contribution in [1.29, 1.82) is 0 Å². The molecule has 2 amide bonds. The number of hydrogen-bond acceptors (Lipinski definition) is 10. The van der Waals surface area contributed by atoms with Crippen LogP contribution >= 0.6 is 11.6 Å². The number of halogens is 3. The fraction of sp³-hybridized carbons (Fsp3) is 0.417. The number of piperazine rings is 1. The van der Waals surface area contributed by atoms with Gasteiger partial charge < -0.3 is 19.5 Å². The van der Waals surface area contributed by atoms with Gasteiger partial charge in [0.1, 0.15) is 17.6 Å². The van der Waals surface area contributed by atoms with Crippen LogP contribution in [0.2, 0.25) is 5.02 Å². The number of anilines is 2. The Morgan fingerprint density at radius 1 is 1.04 bits per heavy atom. The van der Waals surface area contributed by atoms with Crippen LogP contribution in [0.5, 0.6) is 5.75 Å². The second-order valence-corrected chi connectivity index (χ2v) is 13.8. The third-order valence-electron chi connectivity index (χ3n) is 10.1. The largest absolute Gasteiger partial charge is 0.496 e. The van der Waals surface area contributed by atoms with Gasteiger partial charge in [-0.25, -0.2) is 13.8 Å². The second kappa shape index (κ2) is 14.2. The van der Waals surface area contributed by atoms with Crippen LogP contribution in [0.25, 0.3) is 21.9 Å². The number of alkyl halides is 2. The van der Waals surface area contributed by atoms with Gasteiger partial charge in [0.05, 0.1) is 37.0 Å². The Labute approximate surface area is 298 Å². The molecule has 3 saturated heterocycles. The van der Waals surface area contributed by atoms with Crippen LogP contribution in [0.15, 0.2) is 59.9 Å². The van der Waals surface area contributed by atoms with Gasteiger partial charge in [0.25, 0.3) is 11.5 Å². The highest BCUT2D eigenvalue weighted by molar-refractivity contribution is 6.32. The predicted octanol–water partition coefficient (Wildman–Crippen LogP) is 3.91. The number of likely N-dealkylation sites (tertiary alicyclic amines) is 1. The summed E-state index contributed by atoms with van der Waals surface area (Å²) in [5.74, 6) is -2.55. The topological polar surface area (TPSA) is 125 Å². The summed E-state index contributed by atoms with van der Waals surface area (Å²) in [4.78, 5) is 50.5. The minimum atomic E-state index is -2.94. The highest BCUT2D eigenvalue weighted by atomic mass is 35.5. The van der Waals surface area contributed by atoms with E-state index >= 15 is 8.78 Å². The molecular weight excluding hydrogens is 682 g/mol. The summed E-state index contributed by atoms with van der Waals surface area (Å²) >= 11 is 6.83. The Bertz CT molecular complexity index is 2020. The number of hydrogen-bond donors (Lipinski definition) is 2. The summed E-state index contributed by atoms with van der Waals surface area (Å²) in [5.41, 5.74) is 2.87. The number of methoxy groups -OCH3 is 1. The third kappa shape index (κ3) is 7.12. The summed E-state index contributed by atoms with van der Waals surface area (Å²) in [6.07, 6.45) is 7.63. The zero-order valence-electron chi connectivity index (χ0n) is 28.4. The molecule has 0 bridgehead atoms. The van der Waals surface area contributed by atoms with Crippen LogP contribution in [0.4, 0.5) is 20.3 Å². The lowest BCUT2D eigenvalue weighted by molar-refractivity contribution is -0.133. The number of amides is 2. The third-order valence-corrected chi connectivity index (χ3v) is 10.5. The van der Waals surface area contributed by atoms with Crippen molar-refractivity contribution in [2.45, 2.75) is 43.8 Å². The van der Waals surface area contributed by atoms with Crippen molar-refractivity contribution in [3.05, 3.63) is 76.1 Å². The van der Waals surface area contributed by atoms with Crippen molar-refractivity contribution in [2.24, 2.45) is 7.05 Å². The first-order valence-electron chi connectivity index (χ1n) is 17.0. The normalized spacial score (nSPS) is 21.5. The number of pyridine rings is 3. The van der Waals surface area contributed by atoms with Crippen LogP contribution in [0.1, 0.15) is 24.8 Å². The molecule has 0 saturated carbocycles. The Morgan fingerprint density at radius 2 is 1.84 bits per heavy atom. The molecule has 15 heteroatoms. The molecule has 1 aromatic carbocycles. The van der Waals surface area contributed by atoms with Crippen LogP contribution in [-0.2, 0) is 23.2 Å². The van der Waals surface area contributed by atoms with Gasteiger partial charge in [-0.15, -0.1) is 0 Å². The lowest BCUT2D eigenvalue weighted by Gasteiger charge is -2.46. The highest BCUT2D eigenvalue weighted by Gasteiger charge is 2.48. The average Bonchev–Trinajstić information content (AvgIpc) is 3.12. The fourth-order valence-electron chi connectivity index (χ4n) is 7.41. The van der Waals surface area contributed by atoms with E-state index in [-0.39, 0.29) is 30.3 Å². The molecule has 2 atom stereocenters. The summed E-state index contributed by atoms with van der Waals surface area (Å²) in [7, 11) is 3.21. The van der Waals surface area contributed by atoms with E-state index in [4.69, 9.17) is 16.3 Å². The Hall–Kier alpha value is -4.66. The Balaban J connectivity index is 0.974. The van der Waals surface area contributed by atoms with Gasteiger partial charge in [-0.3, -0.25) is 34.5 Å². The molecule has 3 fully saturated rings. The van der Waals surface area contributed by atoms with Crippen molar-refractivity contribution in [3.8, 4) is 16.9 Å². The van der Waals surface area contributed by atoms with E-state index in [1.165, 1.54) is 11.7 Å². The van der Waals surface area contributed by atoms with E-state index in [1.54, 1.807) is 54.9 Å². The summed E-state index contributed by atoms with van der Waals surface area (Å²) < 4.78 is 38.9. The summed E-state index contributed by atoms with van der Waals surface area (Å²) in [5, 5.41) is 7.01. The number of aromatic nitrogens is 3. The first kappa shape index (κ1) is 34.8. The molecule has 6 heterocycles. The number of carbonyl (C=O) groups excluding carboxylic acids is 2. The molecule has 7 rings (SSSR count). The molecule has 12 nitrogen and oxygen atoms in total. The second-order valence-electron chi connectivity index (χ2n) is 13.4. The smallest absolute Gasteiger partial charge is 0.275 e. The molecule has 0 aliphatic carbocycles. The molecule has 0 spiro atoms. The van der Waals surface area contributed by atoms with Crippen molar-refractivity contribution in [3.63, 3.8) is 0 Å². The molecule has 3 aliphatic rings. The number of rotatable bonds is 8. The maximum absolute atomic E-state index is 15.8. The molecular formula is C36H39ClF2N8O4. The van der Waals surface area contributed by atoms with Crippen molar-refractivity contribution in [1.82, 2.24) is 29.7 Å². The van der Waals surface area contributed by atoms with Crippen LogP contribution in [0, 0.1) is 0 Å². The van der Waals surface area contributed by atoms with E-state index in [1.807, 2.05) is 17.0 Å². The summed E-state index contributed by atoms with van der Waals surface area (Å²) in [6, 6.07) is 7.71. The van der Waals surface area contributed by atoms with E-state index in [9.17, 15) is 14.4 Å². The van der Waals surface area contributed by atoms with Gasteiger partial charge in [0.15, 0.2) is 0 Å². The first-order chi connectivity index (χ1) is 24.5. The fourth-order valence-corrected chi connectivity index (χ4v) is 7.68. The van der Waals surface area contributed by atoms with Gasteiger partial charge in [0.2, 0.25) is 11.8 Å². The van der Waals surface area contributed by atoms with Crippen LogP contribution in [0.3, 0.4) is 0 Å². The highest BCUT2D eigenvalue weighted by Crippen LogP contribution is 2.39. The van der Waals surface area contributed by atoms with Crippen molar-refractivity contribution in [2.75, 3.05) is 56.6 Å². The minimum Gasteiger partial charge on any atom is -0.496 e. The first-order valence-corrected chi connectivity index (χ1v) is 17.3. The molecule has 51 heavy (non-hydrogen) atoms. The van der Waals surface area contributed by atoms with E-state index in [0.29, 0.717) is 73.1 Å². The SMILES string of the molecule is COc1cc(-c2cn(C)c(=O)c3cnccc23)cc(Cl)c1CN1CCC(N2CCN(c3ccc(NC4CCC(=O)NC4=O)nc3)CC2)C(F)(F)C1. The van der Waals surface area contributed by atoms with Gasteiger partial charge >= 0.3 is 0 Å². The standard InChI is InChI=1S/C36H39ClF2N8O4/c1-44-19-26(24-7-9-40-18-25(24)35(44)50)22-15-28(37)27(30(16-22)51-2)20-45-10-8-31(36(38,39)21-45)47-13-11-46(12-14-47)23-3-5-32(41-17-23)42-29-4-6-33(48)43-34(29)49/h3,5,7,9,15-19,29,31H,4,6,8,10-14,20-21H2,1-2H3,(H,41,42)(H,43,48,49).